The summed E-state index contributed by atoms with van der Waals surface area (Å²) < 4.78 is 18.3. The van der Waals surface area contributed by atoms with Crippen molar-refractivity contribution in [3.05, 3.63) is 30.1 Å². The maximum atomic E-state index is 13.0. The third-order valence-corrected chi connectivity index (χ3v) is 2.32. The van der Waals surface area contributed by atoms with Crippen LogP contribution < -0.4 is 10.6 Å². The van der Waals surface area contributed by atoms with E-state index in [4.69, 9.17) is 10.5 Å². The quantitative estimate of drug-likeness (QED) is 0.718. The van der Waals surface area contributed by atoms with Gasteiger partial charge in [-0.2, -0.15) is 0 Å². The van der Waals surface area contributed by atoms with Crippen LogP contribution in [0, 0.1) is 5.82 Å². The van der Waals surface area contributed by atoms with Crippen molar-refractivity contribution in [1.29, 1.82) is 0 Å². The number of nitrogens with two attached hydrogens (primary N) is 1. The molecule has 16 heavy (non-hydrogen) atoms. The Bertz CT molecular complexity index is 307. The Morgan fingerprint density at radius 1 is 1.38 bits per heavy atom. The number of rotatable bonds is 7. The molecule has 90 valence electrons. The van der Waals surface area contributed by atoms with E-state index in [9.17, 15) is 4.39 Å². The molecule has 0 saturated carbocycles. The van der Waals surface area contributed by atoms with Crippen molar-refractivity contribution in [2.45, 2.75) is 6.92 Å². The van der Waals surface area contributed by atoms with Crippen molar-refractivity contribution in [2.75, 3.05) is 37.7 Å². The second-order valence-corrected chi connectivity index (χ2v) is 3.46. The van der Waals surface area contributed by atoms with Gasteiger partial charge in [0, 0.05) is 25.3 Å². The first-order chi connectivity index (χ1) is 7.77. The summed E-state index contributed by atoms with van der Waals surface area (Å²) in [7, 11) is 0. The van der Waals surface area contributed by atoms with E-state index in [2.05, 4.69) is 4.90 Å². The maximum absolute atomic E-state index is 13.0. The van der Waals surface area contributed by atoms with Crippen molar-refractivity contribution < 1.29 is 9.13 Å². The summed E-state index contributed by atoms with van der Waals surface area (Å²) >= 11 is 0. The van der Waals surface area contributed by atoms with Gasteiger partial charge >= 0.3 is 0 Å². The highest BCUT2D eigenvalue weighted by molar-refractivity contribution is 5.46. The van der Waals surface area contributed by atoms with E-state index < -0.39 is 0 Å². The predicted molar refractivity (Wildman–Crippen MR) is 64.2 cm³/mol. The molecule has 0 radical (unpaired) electrons. The largest absolute Gasteiger partial charge is 0.378 e. The fourth-order valence-electron chi connectivity index (χ4n) is 1.50. The van der Waals surface area contributed by atoms with Gasteiger partial charge in [0.05, 0.1) is 13.2 Å². The Balaban J connectivity index is 2.47. The molecule has 0 amide bonds. The SMILES string of the molecule is CCN(CCOCCN)c1cccc(F)c1. The zero-order chi connectivity index (χ0) is 11.8. The molecule has 2 N–H and O–H groups in total. The molecule has 0 heterocycles. The summed E-state index contributed by atoms with van der Waals surface area (Å²) in [6.45, 7) is 5.33. The molecule has 0 bridgehead atoms. The van der Waals surface area contributed by atoms with E-state index >= 15 is 0 Å². The van der Waals surface area contributed by atoms with Crippen LogP contribution in [0.5, 0.6) is 0 Å². The average Bonchev–Trinajstić information content (AvgIpc) is 2.29. The summed E-state index contributed by atoms with van der Waals surface area (Å²) in [6, 6.07) is 6.60. The lowest BCUT2D eigenvalue weighted by molar-refractivity contribution is 0.148. The minimum atomic E-state index is -0.209. The van der Waals surface area contributed by atoms with Crippen molar-refractivity contribution in [1.82, 2.24) is 0 Å². The Kier molecular flexibility index (Phi) is 5.82. The van der Waals surface area contributed by atoms with Crippen LogP contribution in [0.1, 0.15) is 6.92 Å². The first kappa shape index (κ1) is 12.9. The van der Waals surface area contributed by atoms with E-state index in [-0.39, 0.29) is 5.82 Å². The van der Waals surface area contributed by atoms with Gasteiger partial charge in [-0.05, 0) is 25.1 Å². The highest BCUT2D eigenvalue weighted by atomic mass is 19.1. The van der Waals surface area contributed by atoms with Gasteiger partial charge in [0.1, 0.15) is 5.82 Å². The lowest BCUT2D eigenvalue weighted by Crippen LogP contribution is -2.27. The van der Waals surface area contributed by atoms with Gasteiger partial charge < -0.3 is 15.4 Å². The zero-order valence-electron chi connectivity index (χ0n) is 9.66. The fraction of sp³-hybridized carbons (Fsp3) is 0.500. The number of hydrogen-bond acceptors (Lipinski definition) is 3. The highest BCUT2D eigenvalue weighted by Crippen LogP contribution is 2.14. The van der Waals surface area contributed by atoms with Crippen LogP contribution in [0.2, 0.25) is 0 Å². The van der Waals surface area contributed by atoms with Crippen LogP contribution in [0.15, 0.2) is 24.3 Å². The van der Waals surface area contributed by atoms with Crippen molar-refractivity contribution in [3.63, 3.8) is 0 Å². The monoisotopic (exact) mass is 226 g/mol. The smallest absolute Gasteiger partial charge is 0.125 e. The number of hydrogen-bond donors (Lipinski definition) is 1. The number of nitrogens with zero attached hydrogens (tertiary/aromatic N) is 1. The average molecular weight is 226 g/mol. The predicted octanol–water partition coefficient (Wildman–Crippen LogP) is 1.63. The normalized spacial score (nSPS) is 10.4. The number of halogens is 1. The van der Waals surface area contributed by atoms with E-state index in [0.717, 1.165) is 18.8 Å². The van der Waals surface area contributed by atoms with Crippen LogP contribution in [0.25, 0.3) is 0 Å². The van der Waals surface area contributed by atoms with Crippen molar-refractivity contribution in [3.8, 4) is 0 Å². The van der Waals surface area contributed by atoms with Gasteiger partial charge in [0.2, 0.25) is 0 Å². The molecule has 4 heteroatoms. The summed E-state index contributed by atoms with van der Waals surface area (Å²) in [5, 5.41) is 0. The third kappa shape index (κ3) is 4.16. The summed E-state index contributed by atoms with van der Waals surface area (Å²) in [6.07, 6.45) is 0. The van der Waals surface area contributed by atoms with Crippen molar-refractivity contribution >= 4 is 5.69 Å². The maximum Gasteiger partial charge on any atom is 0.125 e. The molecule has 0 aliphatic heterocycles. The van der Waals surface area contributed by atoms with Crippen LogP contribution in [0.3, 0.4) is 0 Å². The molecular weight excluding hydrogens is 207 g/mol. The van der Waals surface area contributed by atoms with E-state index in [1.165, 1.54) is 12.1 Å². The first-order valence-corrected chi connectivity index (χ1v) is 5.56. The van der Waals surface area contributed by atoms with Crippen LogP contribution in [-0.2, 0) is 4.74 Å². The number of likely N-dealkylation sites (N-methyl/N-ethyl adjacent to an activating group) is 1. The van der Waals surface area contributed by atoms with E-state index in [1.54, 1.807) is 6.07 Å². The standard InChI is InChI=1S/C12H19FN2O/c1-2-15(7-9-16-8-6-14)12-5-3-4-11(13)10-12/h3-5,10H,2,6-9,14H2,1H3. The van der Waals surface area contributed by atoms with Crippen LogP contribution >= 0.6 is 0 Å². The molecule has 0 saturated heterocycles. The lowest BCUT2D eigenvalue weighted by atomic mass is 10.3. The molecule has 0 fully saturated rings. The topological polar surface area (TPSA) is 38.5 Å². The van der Waals surface area contributed by atoms with Gasteiger partial charge in [-0.3, -0.25) is 0 Å². The minimum absolute atomic E-state index is 0.209. The van der Waals surface area contributed by atoms with Gasteiger partial charge in [0.15, 0.2) is 0 Å². The number of anilines is 1. The van der Waals surface area contributed by atoms with Gasteiger partial charge in [-0.25, -0.2) is 4.39 Å². The third-order valence-electron chi connectivity index (χ3n) is 2.32. The fourth-order valence-corrected chi connectivity index (χ4v) is 1.50. The Labute approximate surface area is 96.0 Å². The Morgan fingerprint density at radius 3 is 2.81 bits per heavy atom. The zero-order valence-corrected chi connectivity index (χ0v) is 9.66. The second kappa shape index (κ2) is 7.19. The molecule has 1 aromatic rings. The summed E-state index contributed by atoms with van der Waals surface area (Å²) in [5.41, 5.74) is 6.21. The number of benzene rings is 1. The molecule has 0 aromatic heterocycles. The van der Waals surface area contributed by atoms with E-state index in [0.29, 0.717) is 19.8 Å². The van der Waals surface area contributed by atoms with Crippen LogP contribution in [0.4, 0.5) is 10.1 Å². The van der Waals surface area contributed by atoms with E-state index in [1.807, 2.05) is 13.0 Å². The van der Waals surface area contributed by atoms with Crippen LogP contribution in [-0.4, -0.2) is 32.8 Å². The van der Waals surface area contributed by atoms with Gasteiger partial charge in [-0.1, -0.05) is 6.07 Å². The molecule has 0 aliphatic carbocycles. The van der Waals surface area contributed by atoms with Crippen molar-refractivity contribution in [2.24, 2.45) is 5.73 Å². The molecule has 0 aliphatic rings. The molecule has 0 unspecified atom stereocenters. The summed E-state index contributed by atoms with van der Waals surface area (Å²) in [4.78, 5) is 2.07. The molecule has 1 rings (SSSR count). The second-order valence-electron chi connectivity index (χ2n) is 3.46. The molecule has 0 spiro atoms. The molecule has 3 nitrogen and oxygen atoms in total. The Morgan fingerprint density at radius 2 is 2.19 bits per heavy atom. The lowest BCUT2D eigenvalue weighted by Gasteiger charge is -2.22. The van der Waals surface area contributed by atoms with Gasteiger partial charge in [0.25, 0.3) is 0 Å². The molecule has 1 aromatic carbocycles. The summed E-state index contributed by atoms with van der Waals surface area (Å²) in [5.74, 6) is -0.209. The number of ether oxygens (including phenoxy) is 1. The minimum Gasteiger partial charge on any atom is -0.378 e. The molecular formula is C12H19FN2O. The first-order valence-electron chi connectivity index (χ1n) is 5.56. The molecule has 0 atom stereocenters. The highest BCUT2D eigenvalue weighted by Gasteiger charge is 2.04. The van der Waals surface area contributed by atoms with Gasteiger partial charge in [-0.15, -0.1) is 0 Å². The Hall–Kier alpha value is -1.13.